The van der Waals surface area contributed by atoms with Crippen molar-refractivity contribution in [2.24, 2.45) is 0 Å². The molecule has 1 aliphatic heterocycles. The maximum Gasteiger partial charge on any atom is 0.267 e. The van der Waals surface area contributed by atoms with E-state index in [2.05, 4.69) is 0 Å². The third-order valence-corrected chi connectivity index (χ3v) is 2.80. The maximum atomic E-state index is 12.1. The first-order chi connectivity index (χ1) is 8.29. The third kappa shape index (κ3) is 1.36. The van der Waals surface area contributed by atoms with Crippen LogP contribution in [0.4, 0.5) is 5.69 Å². The van der Waals surface area contributed by atoms with Gasteiger partial charge >= 0.3 is 0 Å². The van der Waals surface area contributed by atoms with Crippen molar-refractivity contribution in [3.63, 3.8) is 0 Å². The van der Waals surface area contributed by atoms with E-state index < -0.39 is 0 Å². The Morgan fingerprint density at radius 2 is 1.53 bits per heavy atom. The van der Waals surface area contributed by atoms with Crippen LogP contribution in [0.1, 0.15) is 20.7 Å². The molecule has 3 rings (SSSR count). The van der Waals surface area contributed by atoms with Crippen LogP contribution in [0.2, 0.25) is 0 Å². The fourth-order valence-electron chi connectivity index (χ4n) is 1.94. The summed E-state index contributed by atoms with van der Waals surface area (Å²) in [5.74, 6) is -0.497. The lowest BCUT2D eigenvalue weighted by Gasteiger charge is -2.31. The second-order valence-electron chi connectivity index (χ2n) is 3.83. The highest BCUT2D eigenvalue weighted by Gasteiger charge is 2.37. The van der Waals surface area contributed by atoms with Crippen molar-refractivity contribution in [3.05, 3.63) is 65.7 Å². The van der Waals surface area contributed by atoms with Crippen LogP contribution in [0.3, 0.4) is 0 Å². The molecule has 0 atom stereocenters. The molecule has 2 aromatic carbocycles. The summed E-state index contributed by atoms with van der Waals surface area (Å²) in [5.41, 5.74) is 1.82. The summed E-state index contributed by atoms with van der Waals surface area (Å²) in [6.07, 6.45) is 0. The molecule has 0 unspecified atom stereocenters. The molecule has 0 radical (unpaired) electrons. The van der Waals surface area contributed by atoms with Gasteiger partial charge in [-0.05, 0) is 24.3 Å². The quantitative estimate of drug-likeness (QED) is 0.696. The Labute approximate surface area is 98.3 Å². The molecule has 0 N–H and O–H groups in total. The summed E-state index contributed by atoms with van der Waals surface area (Å²) >= 11 is 0. The van der Waals surface area contributed by atoms with Crippen molar-refractivity contribution in [1.29, 1.82) is 0 Å². The number of carbonyl (C=O) groups excluding carboxylic acids is 2. The highest BCUT2D eigenvalue weighted by Crippen LogP contribution is 2.33. The molecule has 0 saturated carbocycles. The number of anilines is 1. The number of fused-ring (bicyclic) bond motifs is 1. The molecule has 0 saturated heterocycles. The molecule has 1 aliphatic rings. The summed E-state index contributed by atoms with van der Waals surface area (Å²) in [7, 11) is 0. The highest BCUT2D eigenvalue weighted by atomic mass is 16.2. The molecule has 17 heavy (non-hydrogen) atoms. The Bertz CT molecular complexity index is 605. The lowest BCUT2D eigenvalue weighted by Crippen LogP contribution is -2.45. The second kappa shape index (κ2) is 3.56. The van der Waals surface area contributed by atoms with Crippen LogP contribution < -0.4 is 4.90 Å². The number of imide groups is 1. The predicted molar refractivity (Wildman–Crippen MR) is 64.0 cm³/mol. The minimum absolute atomic E-state index is 0.227. The van der Waals surface area contributed by atoms with E-state index in [9.17, 15) is 9.59 Å². The van der Waals surface area contributed by atoms with Crippen molar-refractivity contribution in [3.8, 4) is 0 Å². The molecule has 0 aliphatic carbocycles. The van der Waals surface area contributed by atoms with E-state index in [0.717, 1.165) is 0 Å². The molecular weight excluding hydrogens is 214 g/mol. The molecule has 3 nitrogen and oxygen atoms in total. The van der Waals surface area contributed by atoms with Crippen LogP contribution >= 0.6 is 0 Å². The molecule has 0 aromatic heterocycles. The average Bonchev–Trinajstić information content (AvgIpc) is 2.39. The van der Waals surface area contributed by atoms with Crippen LogP contribution in [-0.4, -0.2) is 11.8 Å². The standard InChI is InChI=1S/C14H9NO2/c16-13(10-6-2-1-3-7-10)15-12-9-5-4-8-11(12)14(15)17/h1-9H. The zero-order valence-corrected chi connectivity index (χ0v) is 8.96. The van der Waals surface area contributed by atoms with Crippen molar-refractivity contribution in [2.75, 3.05) is 4.90 Å². The van der Waals surface area contributed by atoms with E-state index in [1.54, 1.807) is 42.5 Å². The molecule has 3 heteroatoms. The molecule has 0 bridgehead atoms. The molecule has 2 amide bonds. The van der Waals surface area contributed by atoms with E-state index in [0.29, 0.717) is 16.8 Å². The van der Waals surface area contributed by atoms with E-state index in [1.807, 2.05) is 12.1 Å². The van der Waals surface area contributed by atoms with Crippen LogP contribution in [-0.2, 0) is 0 Å². The van der Waals surface area contributed by atoms with Gasteiger partial charge in [-0.15, -0.1) is 0 Å². The van der Waals surface area contributed by atoms with Gasteiger partial charge in [-0.1, -0.05) is 30.3 Å². The third-order valence-electron chi connectivity index (χ3n) is 2.80. The monoisotopic (exact) mass is 223 g/mol. The van der Waals surface area contributed by atoms with Gasteiger partial charge in [0.1, 0.15) is 0 Å². The lowest BCUT2D eigenvalue weighted by atomic mass is 10.0. The van der Waals surface area contributed by atoms with Crippen LogP contribution in [0.15, 0.2) is 54.6 Å². The van der Waals surface area contributed by atoms with Crippen molar-refractivity contribution in [2.45, 2.75) is 0 Å². The van der Waals surface area contributed by atoms with Gasteiger partial charge in [0.05, 0.1) is 11.3 Å². The number of amides is 2. The first-order valence-corrected chi connectivity index (χ1v) is 5.32. The van der Waals surface area contributed by atoms with Gasteiger partial charge in [0.2, 0.25) is 0 Å². The van der Waals surface area contributed by atoms with Crippen molar-refractivity contribution < 1.29 is 9.59 Å². The van der Waals surface area contributed by atoms with Gasteiger partial charge in [-0.25, -0.2) is 4.90 Å². The lowest BCUT2D eigenvalue weighted by molar-refractivity contribution is 0.0878. The van der Waals surface area contributed by atoms with Crippen LogP contribution in [0.5, 0.6) is 0 Å². The number of benzene rings is 2. The van der Waals surface area contributed by atoms with Gasteiger partial charge in [0.25, 0.3) is 11.8 Å². The van der Waals surface area contributed by atoms with E-state index in [-0.39, 0.29) is 11.8 Å². The number of para-hydroxylation sites is 1. The largest absolute Gasteiger partial charge is 0.268 e. The molecule has 1 heterocycles. The normalized spacial score (nSPS) is 12.9. The van der Waals surface area contributed by atoms with Gasteiger partial charge in [-0.2, -0.15) is 0 Å². The second-order valence-corrected chi connectivity index (χ2v) is 3.83. The van der Waals surface area contributed by atoms with E-state index >= 15 is 0 Å². The fraction of sp³-hybridized carbons (Fsp3) is 0. The van der Waals surface area contributed by atoms with Crippen LogP contribution in [0, 0.1) is 0 Å². The average molecular weight is 223 g/mol. The maximum absolute atomic E-state index is 12.1. The van der Waals surface area contributed by atoms with Gasteiger partial charge < -0.3 is 0 Å². The molecule has 2 aromatic rings. The first kappa shape index (κ1) is 9.78. The minimum Gasteiger partial charge on any atom is -0.268 e. The van der Waals surface area contributed by atoms with Crippen LogP contribution in [0.25, 0.3) is 0 Å². The highest BCUT2D eigenvalue weighted by molar-refractivity contribution is 6.34. The summed E-state index contributed by atoms with van der Waals surface area (Å²) in [6, 6.07) is 15.9. The molecule has 82 valence electrons. The number of nitrogens with zero attached hydrogens (tertiary/aromatic N) is 1. The SMILES string of the molecule is O=C(c1ccccc1)N1C(=O)c2ccccc21. The number of carbonyl (C=O) groups is 2. The number of hydrogen-bond acceptors (Lipinski definition) is 2. The fourth-order valence-corrected chi connectivity index (χ4v) is 1.94. The molecule has 0 spiro atoms. The van der Waals surface area contributed by atoms with Crippen molar-refractivity contribution >= 4 is 17.5 Å². The Balaban J connectivity index is 1.99. The summed E-state index contributed by atoms with van der Waals surface area (Å²) < 4.78 is 0. The Morgan fingerprint density at radius 1 is 0.882 bits per heavy atom. The van der Waals surface area contributed by atoms with Gasteiger partial charge in [0.15, 0.2) is 0 Å². The summed E-state index contributed by atoms with van der Waals surface area (Å²) in [4.78, 5) is 25.1. The number of rotatable bonds is 1. The summed E-state index contributed by atoms with van der Waals surface area (Å²) in [5, 5.41) is 0. The Kier molecular flexibility index (Phi) is 2.05. The van der Waals surface area contributed by atoms with E-state index in [4.69, 9.17) is 0 Å². The predicted octanol–water partition coefficient (Wildman–Crippen LogP) is 2.49. The van der Waals surface area contributed by atoms with Gasteiger partial charge in [0, 0.05) is 5.56 Å². The first-order valence-electron chi connectivity index (χ1n) is 5.32. The Morgan fingerprint density at radius 3 is 2.29 bits per heavy atom. The minimum atomic E-state index is -0.269. The van der Waals surface area contributed by atoms with Gasteiger partial charge in [-0.3, -0.25) is 9.59 Å². The zero-order valence-electron chi connectivity index (χ0n) is 8.96. The van der Waals surface area contributed by atoms with Crippen molar-refractivity contribution in [1.82, 2.24) is 0 Å². The number of hydrogen-bond donors (Lipinski definition) is 0. The molecular formula is C14H9NO2. The van der Waals surface area contributed by atoms with E-state index in [1.165, 1.54) is 4.90 Å². The topological polar surface area (TPSA) is 37.4 Å². The molecule has 0 fully saturated rings. The Hall–Kier alpha value is -2.42. The smallest absolute Gasteiger partial charge is 0.267 e. The zero-order chi connectivity index (χ0) is 11.8. The summed E-state index contributed by atoms with van der Waals surface area (Å²) in [6.45, 7) is 0.